The third kappa shape index (κ3) is 5.40. The molecular weight excluding hydrogens is 478 g/mol. The second-order valence-corrected chi connectivity index (χ2v) is 8.77. The standard InChI is InChI=1S/C28H24F2N4O3/c29-28(30)37-25-9-5-4-8-20(25)26(35)33-22-12-15-34(17-21(22)18-6-2-1-3-7-18)27(36)19-10-11-23-24(16-19)32-14-13-31-23/h1-11,13-14,16,21-22,28H,12,15,17H2,(H,33,35)/t21-,22-/m1/s1. The quantitative estimate of drug-likeness (QED) is 0.415. The molecule has 0 aliphatic carbocycles. The molecule has 37 heavy (non-hydrogen) atoms. The van der Waals surface area contributed by atoms with E-state index in [0.29, 0.717) is 36.1 Å². The van der Waals surface area contributed by atoms with E-state index in [1.165, 1.54) is 18.2 Å². The first-order valence-corrected chi connectivity index (χ1v) is 11.9. The number of nitrogens with zero attached hydrogens (tertiary/aromatic N) is 3. The Balaban J connectivity index is 1.38. The highest BCUT2D eigenvalue weighted by Gasteiger charge is 2.34. The number of alkyl halides is 2. The van der Waals surface area contributed by atoms with Crippen LogP contribution in [0.2, 0.25) is 0 Å². The monoisotopic (exact) mass is 502 g/mol. The van der Waals surface area contributed by atoms with Crippen LogP contribution in [-0.4, -0.2) is 52.4 Å². The van der Waals surface area contributed by atoms with Crippen molar-refractivity contribution in [2.75, 3.05) is 13.1 Å². The zero-order valence-electron chi connectivity index (χ0n) is 19.8. The van der Waals surface area contributed by atoms with Crippen molar-refractivity contribution < 1.29 is 23.1 Å². The number of hydrogen-bond donors (Lipinski definition) is 1. The number of halogens is 2. The zero-order valence-corrected chi connectivity index (χ0v) is 19.8. The van der Waals surface area contributed by atoms with E-state index in [9.17, 15) is 18.4 Å². The summed E-state index contributed by atoms with van der Waals surface area (Å²) < 4.78 is 30.2. The maximum Gasteiger partial charge on any atom is 0.387 e. The van der Waals surface area contributed by atoms with Crippen molar-refractivity contribution >= 4 is 22.8 Å². The first kappa shape index (κ1) is 24.3. The highest BCUT2D eigenvalue weighted by Crippen LogP contribution is 2.30. The van der Waals surface area contributed by atoms with E-state index >= 15 is 0 Å². The smallest absolute Gasteiger partial charge is 0.387 e. The van der Waals surface area contributed by atoms with Gasteiger partial charge in [-0.1, -0.05) is 42.5 Å². The summed E-state index contributed by atoms with van der Waals surface area (Å²) in [6.45, 7) is -2.25. The molecule has 2 heterocycles. The van der Waals surface area contributed by atoms with Gasteiger partial charge in [-0.3, -0.25) is 19.6 Å². The predicted molar refractivity (Wildman–Crippen MR) is 134 cm³/mol. The fourth-order valence-electron chi connectivity index (χ4n) is 4.73. The Morgan fingerprint density at radius 1 is 0.946 bits per heavy atom. The van der Waals surface area contributed by atoms with Crippen molar-refractivity contribution in [3.05, 3.63) is 102 Å². The molecule has 0 saturated carbocycles. The number of amides is 2. The van der Waals surface area contributed by atoms with E-state index in [1.54, 1.807) is 41.6 Å². The van der Waals surface area contributed by atoms with Crippen LogP contribution in [0.1, 0.15) is 38.6 Å². The molecule has 2 atom stereocenters. The van der Waals surface area contributed by atoms with Crippen LogP contribution in [0.4, 0.5) is 8.78 Å². The van der Waals surface area contributed by atoms with Crippen LogP contribution in [0.5, 0.6) is 5.75 Å². The largest absolute Gasteiger partial charge is 0.434 e. The van der Waals surface area contributed by atoms with Gasteiger partial charge in [0, 0.05) is 43.0 Å². The Morgan fingerprint density at radius 3 is 2.46 bits per heavy atom. The van der Waals surface area contributed by atoms with Gasteiger partial charge in [0.15, 0.2) is 0 Å². The number of piperidine rings is 1. The SMILES string of the molecule is O=C(N[C@@H]1CCN(C(=O)c2ccc3nccnc3c2)C[C@@H]1c1ccccc1)c1ccccc1OC(F)F. The maximum atomic E-state index is 13.4. The molecule has 2 amide bonds. The van der Waals surface area contributed by atoms with Crippen LogP contribution in [0.3, 0.4) is 0 Å². The lowest BCUT2D eigenvalue weighted by atomic mass is 9.85. The number of aromatic nitrogens is 2. The second-order valence-electron chi connectivity index (χ2n) is 8.77. The molecule has 0 radical (unpaired) electrons. The van der Waals surface area contributed by atoms with Crippen LogP contribution in [-0.2, 0) is 0 Å². The number of fused-ring (bicyclic) bond motifs is 1. The van der Waals surface area contributed by atoms with Gasteiger partial charge in [-0.15, -0.1) is 0 Å². The Labute approximate surface area is 212 Å². The summed E-state index contributed by atoms with van der Waals surface area (Å²) >= 11 is 0. The highest BCUT2D eigenvalue weighted by molar-refractivity contribution is 5.98. The number of nitrogens with one attached hydrogen (secondary N) is 1. The fraction of sp³-hybridized carbons (Fsp3) is 0.214. The van der Waals surface area contributed by atoms with Crippen LogP contribution in [0.25, 0.3) is 11.0 Å². The van der Waals surface area contributed by atoms with Gasteiger partial charge in [0.2, 0.25) is 0 Å². The third-order valence-corrected chi connectivity index (χ3v) is 6.51. The van der Waals surface area contributed by atoms with E-state index in [4.69, 9.17) is 0 Å². The van der Waals surface area contributed by atoms with Gasteiger partial charge in [0.1, 0.15) is 5.75 Å². The summed E-state index contributed by atoms with van der Waals surface area (Å²) in [7, 11) is 0. The van der Waals surface area contributed by atoms with Gasteiger partial charge in [0.05, 0.1) is 16.6 Å². The van der Waals surface area contributed by atoms with Gasteiger partial charge in [-0.05, 0) is 42.3 Å². The van der Waals surface area contributed by atoms with Gasteiger partial charge in [0.25, 0.3) is 11.8 Å². The average Bonchev–Trinajstić information content (AvgIpc) is 2.93. The molecule has 3 aromatic carbocycles. The first-order chi connectivity index (χ1) is 18.0. The highest BCUT2D eigenvalue weighted by atomic mass is 19.3. The van der Waals surface area contributed by atoms with Crippen LogP contribution in [0.15, 0.2) is 85.2 Å². The molecule has 7 nitrogen and oxygen atoms in total. The molecule has 9 heteroatoms. The second kappa shape index (κ2) is 10.7. The van der Waals surface area contributed by atoms with Gasteiger partial charge >= 0.3 is 6.61 Å². The van der Waals surface area contributed by atoms with Crippen molar-refractivity contribution in [3.8, 4) is 5.75 Å². The molecule has 1 N–H and O–H groups in total. The number of likely N-dealkylation sites (tertiary alicyclic amines) is 1. The number of hydrogen-bond acceptors (Lipinski definition) is 5. The summed E-state index contributed by atoms with van der Waals surface area (Å²) in [5, 5.41) is 3.00. The van der Waals surface area contributed by atoms with E-state index < -0.39 is 12.5 Å². The Kier molecular flexibility index (Phi) is 7.02. The van der Waals surface area contributed by atoms with Crippen molar-refractivity contribution in [2.45, 2.75) is 25.0 Å². The topological polar surface area (TPSA) is 84.4 Å². The van der Waals surface area contributed by atoms with Crippen LogP contribution >= 0.6 is 0 Å². The predicted octanol–water partition coefficient (Wildman–Crippen LogP) is 4.66. The number of benzene rings is 3. The van der Waals surface area contributed by atoms with Crippen molar-refractivity contribution in [1.82, 2.24) is 20.2 Å². The van der Waals surface area contributed by atoms with Gasteiger partial charge in [-0.25, -0.2) is 0 Å². The molecule has 5 rings (SSSR count). The van der Waals surface area contributed by atoms with Crippen LogP contribution < -0.4 is 10.1 Å². The number of carbonyl (C=O) groups excluding carboxylic acids is 2. The molecule has 1 aliphatic heterocycles. The van der Waals surface area contributed by atoms with Crippen LogP contribution in [0, 0.1) is 0 Å². The number of carbonyl (C=O) groups is 2. The molecule has 4 aromatic rings. The normalized spacial score (nSPS) is 17.5. The van der Waals surface area contributed by atoms with Crippen molar-refractivity contribution in [2.24, 2.45) is 0 Å². The minimum Gasteiger partial charge on any atom is -0.434 e. The van der Waals surface area contributed by atoms with Gasteiger partial charge < -0.3 is 15.0 Å². The van der Waals surface area contributed by atoms with E-state index in [2.05, 4.69) is 20.0 Å². The number of ether oxygens (including phenoxy) is 1. The Morgan fingerprint density at radius 2 is 1.68 bits per heavy atom. The molecular formula is C28H24F2N4O3. The minimum atomic E-state index is -3.04. The number of para-hydroxylation sites is 1. The summed E-state index contributed by atoms with van der Waals surface area (Å²) in [5.74, 6) is -1.02. The lowest BCUT2D eigenvalue weighted by molar-refractivity contribution is -0.0501. The Bertz CT molecular complexity index is 1420. The molecule has 0 bridgehead atoms. The molecule has 0 unspecified atom stereocenters. The lowest BCUT2D eigenvalue weighted by Crippen LogP contribution is -2.51. The van der Waals surface area contributed by atoms with Crippen molar-refractivity contribution in [1.29, 1.82) is 0 Å². The molecule has 1 aromatic heterocycles. The molecule has 1 aliphatic rings. The summed E-state index contributed by atoms with van der Waals surface area (Å²) in [4.78, 5) is 36.9. The summed E-state index contributed by atoms with van der Waals surface area (Å²) in [6.07, 6.45) is 3.67. The molecule has 0 spiro atoms. The molecule has 1 saturated heterocycles. The lowest BCUT2D eigenvalue weighted by Gasteiger charge is -2.39. The summed E-state index contributed by atoms with van der Waals surface area (Å²) in [5.41, 5.74) is 2.86. The molecule has 188 valence electrons. The minimum absolute atomic E-state index is 0.0328. The van der Waals surface area contributed by atoms with Gasteiger partial charge in [-0.2, -0.15) is 8.78 Å². The first-order valence-electron chi connectivity index (χ1n) is 11.9. The Hall–Kier alpha value is -4.40. The number of rotatable bonds is 6. The van der Waals surface area contributed by atoms with Crippen molar-refractivity contribution in [3.63, 3.8) is 0 Å². The fourth-order valence-corrected chi connectivity index (χ4v) is 4.73. The maximum absolute atomic E-state index is 13.4. The molecule has 1 fully saturated rings. The van der Waals surface area contributed by atoms with E-state index in [-0.39, 0.29) is 29.2 Å². The van der Waals surface area contributed by atoms with E-state index in [0.717, 1.165) is 5.56 Å². The summed E-state index contributed by atoms with van der Waals surface area (Å²) in [6, 6.07) is 20.5. The van der Waals surface area contributed by atoms with E-state index in [1.807, 2.05) is 30.3 Å². The zero-order chi connectivity index (χ0) is 25.8. The average molecular weight is 503 g/mol. The third-order valence-electron chi connectivity index (χ3n) is 6.51.